The van der Waals surface area contributed by atoms with Crippen LogP contribution in [-0.2, 0) is 9.59 Å². The quantitative estimate of drug-likeness (QED) is 0.557. The molecule has 2 heterocycles. The zero-order valence-electron chi connectivity index (χ0n) is 21.1. The van der Waals surface area contributed by atoms with Gasteiger partial charge in [0.2, 0.25) is 5.91 Å². The lowest BCUT2D eigenvalue weighted by molar-refractivity contribution is -0.158. The minimum atomic E-state index is -1.10. The summed E-state index contributed by atoms with van der Waals surface area (Å²) < 4.78 is 19.1. The first-order valence-corrected chi connectivity index (χ1v) is 12.4. The fourth-order valence-electron chi connectivity index (χ4n) is 5.52. The second-order valence-electron chi connectivity index (χ2n) is 11.1. The third kappa shape index (κ3) is 5.31. The number of carboxylic acids is 1. The van der Waals surface area contributed by atoms with E-state index in [4.69, 9.17) is 4.42 Å². The van der Waals surface area contributed by atoms with E-state index in [9.17, 15) is 23.9 Å². The summed E-state index contributed by atoms with van der Waals surface area (Å²) in [4.78, 5) is 40.1. The molecule has 194 valence electrons. The largest absolute Gasteiger partial charge is 0.481 e. The highest BCUT2D eigenvalue weighted by atomic mass is 19.1. The Kier molecular flexibility index (Phi) is 6.96. The summed E-state index contributed by atoms with van der Waals surface area (Å²) in [6.07, 6.45) is 2.14. The highest BCUT2D eigenvalue weighted by molar-refractivity contribution is 5.96. The number of nitrogens with zero attached hydrogens (tertiary/aromatic N) is 1. The van der Waals surface area contributed by atoms with E-state index in [1.807, 2.05) is 0 Å². The number of furan rings is 1. The SMILES string of the molecule is CC(C)(C)N[C@@H]1CC[C@H](N2CC[C@H](NC(=O)c3ccc(-c4cccc(F)c4)o3)C2=O)[C@](C)(C(=O)O)C1. The van der Waals surface area contributed by atoms with Crippen LogP contribution in [0.2, 0.25) is 0 Å². The first-order chi connectivity index (χ1) is 16.9. The van der Waals surface area contributed by atoms with Crippen molar-refractivity contribution >= 4 is 17.8 Å². The Hall–Kier alpha value is -3.20. The number of carbonyl (C=O) groups is 3. The number of rotatable bonds is 6. The van der Waals surface area contributed by atoms with Crippen LogP contribution in [0.3, 0.4) is 0 Å². The van der Waals surface area contributed by atoms with Crippen molar-refractivity contribution in [2.75, 3.05) is 6.54 Å². The molecule has 0 radical (unpaired) electrons. The molecule has 2 aliphatic rings. The van der Waals surface area contributed by atoms with E-state index in [0.717, 1.165) is 6.42 Å². The highest BCUT2D eigenvalue weighted by Crippen LogP contribution is 2.41. The van der Waals surface area contributed by atoms with Crippen molar-refractivity contribution in [1.82, 2.24) is 15.5 Å². The van der Waals surface area contributed by atoms with E-state index in [2.05, 4.69) is 31.4 Å². The third-order valence-corrected chi connectivity index (χ3v) is 7.18. The Bertz CT molecular complexity index is 1160. The smallest absolute Gasteiger partial charge is 0.311 e. The van der Waals surface area contributed by atoms with Crippen LogP contribution < -0.4 is 10.6 Å². The van der Waals surface area contributed by atoms with E-state index in [-0.39, 0.29) is 23.2 Å². The van der Waals surface area contributed by atoms with Crippen LogP contribution in [-0.4, -0.2) is 58.0 Å². The van der Waals surface area contributed by atoms with Crippen molar-refractivity contribution in [1.29, 1.82) is 0 Å². The summed E-state index contributed by atoms with van der Waals surface area (Å²) in [6, 6.07) is 7.75. The van der Waals surface area contributed by atoms with Gasteiger partial charge in [0, 0.05) is 29.7 Å². The van der Waals surface area contributed by atoms with Gasteiger partial charge in [0.15, 0.2) is 5.76 Å². The maximum Gasteiger partial charge on any atom is 0.311 e. The van der Waals surface area contributed by atoms with Gasteiger partial charge in [0.25, 0.3) is 5.91 Å². The lowest BCUT2D eigenvalue weighted by Crippen LogP contribution is -2.59. The average Bonchev–Trinajstić information content (AvgIpc) is 3.41. The van der Waals surface area contributed by atoms with E-state index in [0.29, 0.717) is 37.1 Å². The van der Waals surface area contributed by atoms with Crippen molar-refractivity contribution in [3.05, 3.63) is 48.0 Å². The van der Waals surface area contributed by atoms with Gasteiger partial charge in [-0.3, -0.25) is 14.4 Å². The number of carboxylic acid groups (broad SMARTS) is 1. The second kappa shape index (κ2) is 9.69. The van der Waals surface area contributed by atoms with Crippen LogP contribution in [0, 0.1) is 11.2 Å². The number of hydrogen-bond acceptors (Lipinski definition) is 5. The van der Waals surface area contributed by atoms with Gasteiger partial charge in [-0.25, -0.2) is 4.39 Å². The Morgan fingerprint density at radius 3 is 2.58 bits per heavy atom. The van der Waals surface area contributed by atoms with Gasteiger partial charge in [-0.2, -0.15) is 0 Å². The summed E-state index contributed by atoms with van der Waals surface area (Å²) in [5.74, 6) is -1.80. The van der Waals surface area contributed by atoms with Crippen molar-refractivity contribution < 1.29 is 28.3 Å². The molecule has 0 bridgehead atoms. The molecule has 8 nitrogen and oxygen atoms in total. The average molecular weight is 500 g/mol. The van der Waals surface area contributed by atoms with Crippen LogP contribution in [0.5, 0.6) is 0 Å². The highest BCUT2D eigenvalue weighted by Gasteiger charge is 2.52. The maximum absolute atomic E-state index is 13.5. The molecule has 1 aromatic carbocycles. The van der Waals surface area contributed by atoms with Gasteiger partial charge in [-0.05, 0) is 77.6 Å². The maximum atomic E-state index is 13.5. The number of carbonyl (C=O) groups excluding carboxylic acids is 2. The summed E-state index contributed by atoms with van der Waals surface area (Å²) in [7, 11) is 0. The molecule has 1 aliphatic carbocycles. The Balaban J connectivity index is 1.43. The monoisotopic (exact) mass is 499 g/mol. The van der Waals surface area contributed by atoms with Crippen LogP contribution in [0.15, 0.2) is 40.8 Å². The number of halogens is 1. The molecule has 0 unspecified atom stereocenters. The molecule has 2 fully saturated rings. The number of amides is 2. The zero-order valence-corrected chi connectivity index (χ0v) is 21.1. The van der Waals surface area contributed by atoms with Crippen molar-refractivity contribution in [3.8, 4) is 11.3 Å². The van der Waals surface area contributed by atoms with Crippen molar-refractivity contribution in [2.45, 2.75) is 77.0 Å². The van der Waals surface area contributed by atoms with Gasteiger partial charge >= 0.3 is 5.97 Å². The molecule has 36 heavy (non-hydrogen) atoms. The molecule has 1 aliphatic heterocycles. The topological polar surface area (TPSA) is 112 Å². The van der Waals surface area contributed by atoms with Gasteiger partial charge in [0.1, 0.15) is 17.6 Å². The molecule has 4 rings (SSSR count). The summed E-state index contributed by atoms with van der Waals surface area (Å²) >= 11 is 0. The van der Waals surface area contributed by atoms with Gasteiger partial charge in [0.05, 0.1) is 5.41 Å². The fraction of sp³-hybridized carbons (Fsp3) is 0.519. The minimum absolute atomic E-state index is 0.0182. The molecule has 2 amide bonds. The molecule has 1 aromatic heterocycles. The number of benzene rings is 1. The van der Waals surface area contributed by atoms with Crippen molar-refractivity contribution in [2.24, 2.45) is 5.41 Å². The third-order valence-electron chi connectivity index (χ3n) is 7.18. The van der Waals surface area contributed by atoms with Gasteiger partial charge in [-0.15, -0.1) is 0 Å². The van der Waals surface area contributed by atoms with Crippen LogP contribution >= 0.6 is 0 Å². The molecular weight excluding hydrogens is 465 g/mol. The molecular formula is C27H34FN3O5. The van der Waals surface area contributed by atoms with Crippen LogP contribution in [0.4, 0.5) is 4.39 Å². The normalized spacial score (nSPS) is 26.8. The predicted octanol–water partition coefficient (Wildman–Crippen LogP) is 3.82. The molecule has 2 aromatic rings. The molecule has 1 saturated heterocycles. The molecule has 3 N–H and O–H groups in total. The van der Waals surface area contributed by atoms with E-state index in [1.165, 1.54) is 18.2 Å². The lowest BCUT2D eigenvalue weighted by Gasteiger charge is -2.47. The first-order valence-electron chi connectivity index (χ1n) is 12.4. The second-order valence-corrected chi connectivity index (χ2v) is 11.1. The fourth-order valence-corrected chi connectivity index (χ4v) is 5.52. The number of likely N-dealkylation sites (tertiary alicyclic amines) is 1. The lowest BCUT2D eigenvalue weighted by atomic mass is 9.68. The molecule has 4 atom stereocenters. The number of nitrogens with one attached hydrogen (secondary N) is 2. The van der Waals surface area contributed by atoms with Crippen molar-refractivity contribution in [3.63, 3.8) is 0 Å². The summed E-state index contributed by atoms with van der Waals surface area (Å²) in [5, 5.41) is 16.4. The predicted molar refractivity (Wildman–Crippen MR) is 132 cm³/mol. The van der Waals surface area contributed by atoms with E-state index >= 15 is 0 Å². The van der Waals surface area contributed by atoms with E-state index in [1.54, 1.807) is 30.0 Å². The number of aliphatic carboxylic acids is 1. The number of hydrogen-bond donors (Lipinski definition) is 3. The summed E-state index contributed by atoms with van der Waals surface area (Å²) in [6.45, 7) is 8.24. The van der Waals surface area contributed by atoms with Gasteiger partial charge in [-0.1, -0.05) is 12.1 Å². The minimum Gasteiger partial charge on any atom is -0.481 e. The zero-order chi connectivity index (χ0) is 26.3. The standard InChI is InChI=1S/C27H34FN3O5/c1-26(2,3)30-18-8-11-22(27(4,15-18)25(34)35)31-13-12-19(24(31)33)29-23(32)21-10-9-20(36-21)16-6-5-7-17(28)14-16/h5-7,9-10,14,18-19,22,30H,8,11-13,15H2,1-4H3,(H,29,32)(H,34,35)/t18-,19+,22+,27-/m1/s1. The summed E-state index contributed by atoms with van der Waals surface area (Å²) in [5.41, 5.74) is -0.742. The van der Waals surface area contributed by atoms with Crippen LogP contribution in [0.1, 0.15) is 63.9 Å². The van der Waals surface area contributed by atoms with Gasteiger partial charge < -0.3 is 25.1 Å². The van der Waals surface area contributed by atoms with Crippen LogP contribution in [0.25, 0.3) is 11.3 Å². The first kappa shape index (κ1) is 25.9. The Morgan fingerprint density at radius 1 is 1.17 bits per heavy atom. The molecule has 9 heteroatoms. The molecule has 1 saturated carbocycles. The Morgan fingerprint density at radius 2 is 1.92 bits per heavy atom. The Labute approximate surface area is 210 Å². The van der Waals surface area contributed by atoms with E-state index < -0.39 is 35.2 Å². The molecule has 0 spiro atoms.